The van der Waals surface area contributed by atoms with Gasteiger partial charge >= 0.3 is 0 Å². The van der Waals surface area contributed by atoms with Crippen molar-refractivity contribution in [2.45, 2.75) is 26.8 Å². The first kappa shape index (κ1) is 10.2. The van der Waals surface area contributed by atoms with Gasteiger partial charge in [-0.25, -0.2) is 0 Å². The number of rotatable bonds is 2. The molecular weight excluding hydrogens is 136 g/mol. The fourth-order valence-electron chi connectivity index (χ4n) is 0.721. The van der Waals surface area contributed by atoms with E-state index in [0.29, 0.717) is 6.04 Å². The maximum absolute atomic E-state index is 4.42. The lowest BCUT2D eigenvalue weighted by molar-refractivity contribution is 0.615. The summed E-state index contributed by atoms with van der Waals surface area (Å²) in [5, 5.41) is 0. The monoisotopic (exact) mass is 154 g/mol. The highest BCUT2D eigenvalue weighted by Gasteiger charge is 1.96. The van der Waals surface area contributed by atoms with Gasteiger partial charge in [-0.3, -0.25) is 4.99 Å². The zero-order chi connectivity index (χ0) is 8.85. The minimum Gasteiger partial charge on any atom is -0.363 e. The molecule has 11 heavy (non-hydrogen) atoms. The van der Waals surface area contributed by atoms with Crippen LogP contribution in [0.5, 0.6) is 0 Å². The van der Waals surface area contributed by atoms with E-state index in [2.05, 4.69) is 18.8 Å². The average Bonchev–Trinajstić information content (AvgIpc) is 1.86. The van der Waals surface area contributed by atoms with E-state index < -0.39 is 0 Å². The Morgan fingerprint density at radius 1 is 1.36 bits per heavy atom. The molecule has 0 aliphatic rings. The summed E-state index contributed by atoms with van der Waals surface area (Å²) < 4.78 is 0. The summed E-state index contributed by atoms with van der Waals surface area (Å²) in [6.45, 7) is 6.15. The van der Waals surface area contributed by atoms with Gasteiger partial charge in [0.15, 0.2) is 0 Å². The molecule has 0 aliphatic carbocycles. The van der Waals surface area contributed by atoms with Crippen molar-refractivity contribution in [3.8, 4) is 0 Å². The Morgan fingerprint density at radius 3 is 2.18 bits per heavy atom. The summed E-state index contributed by atoms with van der Waals surface area (Å²) in [6, 6.07) is 0.364. The van der Waals surface area contributed by atoms with Crippen molar-refractivity contribution in [2.24, 2.45) is 4.99 Å². The molecule has 0 heterocycles. The van der Waals surface area contributed by atoms with Gasteiger partial charge in [0.25, 0.3) is 0 Å². The molecule has 0 radical (unpaired) electrons. The highest BCUT2D eigenvalue weighted by Crippen LogP contribution is 1.93. The van der Waals surface area contributed by atoms with Crippen LogP contribution in [0.1, 0.15) is 20.8 Å². The first-order chi connectivity index (χ1) is 5.07. The first-order valence-electron chi connectivity index (χ1n) is 3.95. The highest BCUT2D eigenvalue weighted by atomic mass is 15.1. The van der Waals surface area contributed by atoms with Gasteiger partial charge in [0, 0.05) is 20.1 Å². The molecule has 0 rings (SSSR count). The Hall–Kier alpha value is -0.790. The smallest absolute Gasteiger partial charge is 0.122 e. The number of aliphatic imine (C=N–C) groups is 1. The molecular formula is C9H18N2. The van der Waals surface area contributed by atoms with Gasteiger partial charge in [-0.1, -0.05) is 6.08 Å². The quantitative estimate of drug-likeness (QED) is 0.438. The van der Waals surface area contributed by atoms with Crippen molar-refractivity contribution in [1.29, 1.82) is 0 Å². The maximum Gasteiger partial charge on any atom is 0.122 e. The molecule has 0 unspecified atom stereocenters. The van der Waals surface area contributed by atoms with Crippen LogP contribution in [-0.4, -0.2) is 30.9 Å². The van der Waals surface area contributed by atoms with Gasteiger partial charge in [-0.05, 0) is 26.8 Å². The molecule has 0 bridgehead atoms. The van der Waals surface area contributed by atoms with Gasteiger partial charge < -0.3 is 4.90 Å². The predicted molar refractivity (Wildman–Crippen MR) is 51.1 cm³/mol. The van der Waals surface area contributed by atoms with Gasteiger partial charge in [0.05, 0.1) is 0 Å². The lowest BCUT2D eigenvalue weighted by atomic mass is 10.4. The molecule has 0 aromatic carbocycles. The number of hydrogen-bond acceptors (Lipinski definition) is 1. The molecule has 0 saturated heterocycles. The molecule has 0 aromatic heterocycles. The van der Waals surface area contributed by atoms with Crippen LogP contribution < -0.4 is 0 Å². The van der Waals surface area contributed by atoms with Crippen LogP contribution >= 0.6 is 0 Å². The first-order valence-corrected chi connectivity index (χ1v) is 3.95. The normalized spacial score (nSPS) is 13.1. The number of likely N-dealkylation sites (N-methyl/N-ethyl adjacent to an activating group) is 1. The summed E-state index contributed by atoms with van der Waals surface area (Å²) in [5.41, 5.74) is 0. The van der Waals surface area contributed by atoms with Gasteiger partial charge in [-0.15, -0.1) is 0 Å². The Labute approximate surface area is 69.6 Å². The molecule has 0 saturated carbocycles. The van der Waals surface area contributed by atoms with E-state index in [1.54, 1.807) is 0 Å². The average molecular weight is 154 g/mol. The van der Waals surface area contributed by atoms with Gasteiger partial charge in [0.2, 0.25) is 0 Å². The number of nitrogens with zero attached hydrogens (tertiary/aromatic N) is 2. The van der Waals surface area contributed by atoms with Crippen LogP contribution in [-0.2, 0) is 0 Å². The summed E-state index contributed by atoms with van der Waals surface area (Å²) in [5.74, 6) is 1.03. The van der Waals surface area contributed by atoms with E-state index in [1.807, 2.05) is 38.1 Å². The number of allylic oxidation sites excluding steroid dienone is 1. The molecule has 0 fully saturated rings. The highest BCUT2D eigenvalue weighted by molar-refractivity contribution is 5.92. The SMILES string of the molecule is C/C=C\C(=NC(C)C)N(C)C. The Kier molecular flexibility index (Phi) is 4.59. The second kappa shape index (κ2) is 4.94. The third-order valence-electron chi connectivity index (χ3n) is 1.16. The second-order valence-electron chi connectivity index (χ2n) is 2.98. The largest absolute Gasteiger partial charge is 0.363 e. The topological polar surface area (TPSA) is 15.6 Å². The van der Waals surface area contributed by atoms with Crippen LogP contribution in [0.15, 0.2) is 17.1 Å². The molecule has 2 heteroatoms. The van der Waals surface area contributed by atoms with Gasteiger partial charge in [-0.2, -0.15) is 0 Å². The van der Waals surface area contributed by atoms with Crippen LogP contribution in [0.25, 0.3) is 0 Å². The lowest BCUT2D eigenvalue weighted by Crippen LogP contribution is -2.21. The van der Waals surface area contributed by atoms with Crippen molar-refractivity contribution < 1.29 is 0 Å². The van der Waals surface area contributed by atoms with E-state index in [0.717, 1.165) is 5.84 Å². The molecule has 64 valence electrons. The maximum atomic E-state index is 4.42. The van der Waals surface area contributed by atoms with Gasteiger partial charge in [0.1, 0.15) is 5.84 Å². The summed E-state index contributed by atoms with van der Waals surface area (Å²) in [7, 11) is 4.00. The summed E-state index contributed by atoms with van der Waals surface area (Å²) in [6.07, 6.45) is 4.02. The van der Waals surface area contributed by atoms with E-state index in [1.165, 1.54) is 0 Å². The lowest BCUT2D eigenvalue weighted by Gasteiger charge is -2.13. The molecule has 0 spiro atoms. The number of hydrogen-bond donors (Lipinski definition) is 0. The molecule has 0 N–H and O–H groups in total. The zero-order valence-electron chi connectivity index (χ0n) is 8.13. The molecule has 0 aromatic rings. The van der Waals surface area contributed by atoms with Crippen LogP contribution in [0.3, 0.4) is 0 Å². The Bertz CT molecular complexity index is 155. The van der Waals surface area contributed by atoms with Crippen molar-refractivity contribution in [1.82, 2.24) is 4.90 Å². The minimum absolute atomic E-state index is 0.364. The second-order valence-corrected chi connectivity index (χ2v) is 2.98. The Balaban J connectivity index is 4.33. The standard InChI is InChI=1S/C9H18N2/c1-6-7-9(11(4)5)10-8(2)3/h6-8H,1-5H3/b7-6-,10-9?. The van der Waals surface area contributed by atoms with Crippen molar-refractivity contribution >= 4 is 5.84 Å². The molecule has 0 aliphatic heterocycles. The zero-order valence-corrected chi connectivity index (χ0v) is 8.13. The fraction of sp³-hybridized carbons (Fsp3) is 0.667. The van der Waals surface area contributed by atoms with E-state index in [9.17, 15) is 0 Å². The fourth-order valence-corrected chi connectivity index (χ4v) is 0.721. The number of amidine groups is 1. The van der Waals surface area contributed by atoms with Crippen molar-refractivity contribution in [3.05, 3.63) is 12.2 Å². The van der Waals surface area contributed by atoms with Crippen LogP contribution in [0, 0.1) is 0 Å². The minimum atomic E-state index is 0.364. The summed E-state index contributed by atoms with van der Waals surface area (Å²) in [4.78, 5) is 6.44. The molecule has 0 atom stereocenters. The van der Waals surface area contributed by atoms with Crippen molar-refractivity contribution in [2.75, 3.05) is 14.1 Å². The Morgan fingerprint density at radius 2 is 1.91 bits per heavy atom. The van der Waals surface area contributed by atoms with E-state index in [4.69, 9.17) is 0 Å². The van der Waals surface area contributed by atoms with E-state index in [-0.39, 0.29) is 0 Å². The molecule has 2 nitrogen and oxygen atoms in total. The van der Waals surface area contributed by atoms with Crippen molar-refractivity contribution in [3.63, 3.8) is 0 Å². The predicted octanol–water partition coefficient (Wildman–Crippen LogP) is 1.93. The van der Waals surface area contributed by atoms with E-state index >= 15 is 0 Å². The third kappa shape index (κ3) is 4.59. The van der Waals surface area contributed by atoms with Crippen LogP contribution in [0.2, 0.25) is 0 Å². The van der Waals surface area contributed by atoms with Crippen LogP contribution in [0.4, 0.5) is 0 Å². The molecule has 0 amide bonds. The third-order valence-corrected chi connectivity index (χ3v) is 1.16. The summed E-state index contributed by atoms with van der Waals surface area (Å²) >= 11 is 0.